The lowest BCUT2D eigenvalue weighted by Gasteiger charge is -2.19. The molecule has 0 aliphatic rings. The maximum absolute atomic E-state index is 12.1. The molecule has 0 fully saturated rings. The fourth-order valence-electron chi connectivity index (χ4n) is 2.29. The van der Waals surface area contributed by atoms with Crippen molar-refractivity contribution in [2.75, 3.05) is 12.3 Å². The van der Waals surface area contributed by atoms with E-state index in [0.29, 0.717) is 5.56 Å². The van der Waals surface area contributed by atoms with E-state index in [-0.39, 0.29) is 30.2 Å². The topological polar surface area (TPSA) is 88.2 Å². The molecule has 6 nitrogen and oxygen atoms in total. The van der Waals surface area contributed by atoms with Crippen LogP contribution in [0.3, 0.4) is 0 Å². The number of carbonyl (C=O) groups excluding carboxylic acids is 1. The molecule has 0 aliphatic carbocycles. The zero-order valence-corrected chi connectivity index (χ0v) is 16.1. The van der Waals surface area contributed by atoms with Gasteiger partial charge in [0.1, 0.15) is 0 Å². The molecule has 140 valence electrons. The smallest absolute Gasteiger partial charge is 0.251 e. The van der Waals surface area contributed by atoms with Crippen molar-refractivity contribution in [1.29, 1.82) is 0 Å². The van der Waals surface area contributed by atoms with Gasteiger partial charge in [0.2, 0.25) is 10.0 Å². The first-order chi connectivity index (χ1) is 12.2. The fourth-order valence-corrected chi connectivity index (χ4v) is 3.19. The Morgan fingerprint density at radius 3 is 2.38 bits per heavy atom. The molecule has 1 heterocycles. The van der Waals surface area contributed by atoms with Crippen LogP contribution in [0.2, 0.25) is 0 Å². The van der Waals surface area contributed by atoms with Crippen molar-refractivity contribution in [2.45, 2.75) is 32.7 Å². The van der Waals surface area contributed by atoms with Crippen LogP contribution in [0.4, 0.5) is 0 Å². The molecule has 0 bridgehead atoms. The van der Waals surface area contributed by atoms with Gasteiger partial charge in [-0.15, -0.1) is 0 Å². The summed E-state index contributed by atoms with van der Waals surface area (Å²) in [6.07, 6.45) is 3.23. The number of sulfonamides is 1. The first-order valence-electron chi connectivity index (χ1n) is 8.42. The fraction of sp³-hybridized carbons (Fsp3) is 0.368. The molecule has 0 radical (unpaired) electrons. The summed E-state index contributed by atoms with van der Waals surface area (Å²) in [6, 6.07) is 10.9. The highest BCUT2D eigenvalue weighted by molar-refractivity contribution is 7.89. The molecular weight excluding hydrogens is 350 g/mol. The number of hydrogen-bond donors (Lipinski definition) is 2. The number of carbonyl (C=O) groups is 1. The van der Waals surface area contributed by atoms with E-state index in [1.807, 2.05) is 12.1 Å². The number of pyridine rings is 1. The second-order valence-electron chi connectivity index (χ2n) is 7.08. The molecule has 0 aliphatic heterocycles. The second kappa shape index (κ2) is 8.42. The molecule has 2 aromatic rings. The third-order valence-electron chi connectivity index (χ3n) is 3.89. The molecule has 2 N–H and O–H groups in total. The van der Waals surface area contributed by atoms with Crippen molar-refractivity contribution in [3.63, 3.8) is 0 Å². The maximum Gasteiger partial charge on any atom is 0.251 e. The zero-order chi connectivity index (χ0) is 19.2. The second-order valence-corrected chi connectivity index (χ2v) is 9.01. The molecule has 0 saturated carbocycles. The highest BCUT2D eigenvalue weighted by Gasteiger charge is 2.15. The molecule has 1 aromatic carbocycles. The molecule has 26 heavy (non-hydrogen) atoms. The Morgan fingerprint density at radius 1 is 1.12 bits per heavy atom. The number of nitrogens with one attached hydrogen (secondary N) is 2. The normalized spacial score (nSPS) is 12.0. The summed E-state index contributed by atoms with van der Waals surface area (Å²) in [5.74, 6) is -0.466. The van der Waals surface area contributed by atoms with Gasteiger partial charge in [-0.25, -0.2) is 13.1 Å². The molecule has 0 unspecified atom stereocenters. The third-order valence-corrected chi connectivity index (χ3v) is 5.21. The number of rotatable bonds is 7. The van der Waals surface area contributed by atoms with E-state index in [9.17, 15) is 13.2 Å². The van der Waals surface area contributed by atoms with Crippen LogP contribution < -0.4 is 10.0 Å². The number of benzene rings is 1. The van der Waals surface area contributed by atoms with Gasteiger partial charge in [-0.2, -0.15) is 0 Å². The highest BCUT2D eigenvalue weighted by Crippen LogP contribution is 2.22. The van der Waals surface area contributed by atoms with E-state index in [1.54, 1.807) is 36.7 Å². The van der Waals surface area contributed by atoms with Gasteiger partial charge in [-0.05, 0) is 34.7 Å². The van der Waals surface area contributed by atoms with Gasteiger partial charge in [-0.3, -0.25) is 9.78 Å². The van der Waals surface area contributed by atoms with E-state index in [2.05, 4.69) is 35.8 Å². The monoisotopic (exact) mass is 375 g/mol. The summed E-state index contributed by atoms with van der Waals surface area (Å²) in [7, 11) is -3.48. The van der Waals surface area contributed by atoms with Gasteiger partial charge in [-0.1, -0.05) is 39.0 Å². The van der Waals surface area contributed by atoms with Crippen molar-refractivity contribution in [3.8, 4) is 0 Å². The summed E-state index contributed by atoms with van der Waals surface area (Å²) in [6.45, 7) is 6.53. The summed E-state index contributed by atoms with van der Waals surface area (Å²) in [5.41, 5.74) is 2.44. The lowest BCUT2D eigenvalue weighted by atomic mass is 9.87. The van der Waals surface area contributed by atoms with Crippen LogP contribution in [0, 0.1) is 0 Å². The van der Waals surface area contributed by atoms with Gasteiger partial charge < -0.3 is 5.32 Å². The van der Waals surface area contributed by atoms with Crippen LogP contribution in [0.1, 0.15) is 42.3 Å². The molecule has 0 spiro atoms. The molecule has 0 atom stereocenters. The van der Waals surface area contributed by atoms with Crippen molar-refractivity contribution < 1.29 is 13.2 Å². The Kier molecular flexibility index (Phi) is 6.50. The summed E-state index contributed by atoms with van der Waals surface area (Å²) >= 11 is 0. The number of hydrogen-bond acceptors (Lipinski definition) is 4. The van der Waals surface area contributed by atoms with E-state index in [0.717, 1.165) is 11.1 Å². The molecular formula is C19H25N3O3S. The number of nitrogens with zero attached hydrogens (tertiary/aromatic N) is 1. The minimum atomic E-state index is -3.48. The van der Waals surface area contributed by atoms with E-state index in [1.165, 1.54) is 0 Å². The van der Waals surface area contributed by atoms with Crippen molar-refractivity contribution in [2.24, 2.45) is 0 Å². The van der Waals surface area contributed by atoms with Gasteiger partial charge in [0.25, 0.3) is 5.91 Å². The van der Waals surface area contributed by atoms with Crippen molar-refractivity contribution >= 4 is 15.9 Å². The van der Waals surface area contributed by atoms with Crippen LogP contribution >= 0.6 is 0 Å². The van der Waals surface area contributed by atoms with E-state index >= 15 is 0 Å². The van der Waals surface area contributed by atoms with E-state index in [4.69, 9.17) is 0 Å². The Labute approximate surface area is 155 Å². The van der Waals surface area contributed by atoms with Gasteiger partial charge in [0.05, 0.1) is 5.75 Å². The van der Waals surface area contributed by atoms with Crippen LogP contribution in [-0.4, -0.2) is 31.6 Å². The average molecular weight is 375 g/mol. The minimum absolute atomic E-state index is 0.0169. The SMILES string of the molecule is CC(C)(C)c1ccc(C(=O)NCCS(=O)(=O)NCc2cccnc2)cc1. The predicted molar refractivity (Wildman–Crippen MR) is 102 cm³/mol. The van der Waals surface area contributed by atoms with Crippen molar-refractivity contribution in [3.05, 3.63) is 65.5 Å². The van der Waals surface area contributed by atoms with Crippen LogP contribution in [0.15, 0.2) is 48.8 Å². The van der Waals surface area contributed by atoms with E-state index < -0.39 is 10.0 Å². The largest absolute Gasteiger partial charge is 0.351 e. The lowest BCUT2D eigenvalue weighted by Crippen LogP contribution is -2.34. The first-order valence-corrected chi connectivity index (χ1v) is 10.1. The van der Waals surface area contributed by atoms with Gasteiger partial charge in [0.15, 0.2) is 0 Å². The van der Waals surface area contributed by atoms with Gasteiger partial charge in [0, 0.05) is 31.0 Å². The quantitative estimate of drug-likeness (QED) is 0.777. The Balaban J connectivity index is 1.81. The Bertz CT molecular complexity index is 827. The average Bonchev–Trinajstić information content (AvgIpc) is 2.60. The summed E-state index contributed by atoms with van der Waals surface area (Å²) in [4.78, 5) is 16.1. The predicted octanol–water partition coefficient (Wildman–Crippen LogP) is 2.23. The molecule has 1 aromatic heterocycles. The van der Waals surface area contributed by atoms with Crippen LogP contribution in [-0.2, 0) is 22.0 Å². The van der Waals surface area contributed by atoms with Crippen molar-refractivity contribution in [1.82, 2.24) is 15.0 Å². The standard InChI is InChI=1S/C19H25N3O3S/c1-19(2,3)17-8-6-16(7-9-17)18(23)21-11-12-26(24,25)22-14-15-5-4-10-20-13-15/h4-10,13,22H,11-12,14H2,1-3H3,(H,21,23). The molecule has 1 amide bonds. The Hall–Kier alpha value is -2.25. The van der Waals surface area contributed by atoms with Crippen LogP contribution in [0.5, 0.6) is 0 Å². The van der Waals surface area contributed by atoms with Crippen LogP contribution in [0.25, 0.3) is 0 Å². The number of aromatic nitrogens is 1. The summed E-state index contributed by atoms with van der Waals surface area (Å²) < 4.78 is 26.5. The molecule has 0 saturated heterocycles. The minimum Gasteiger partial charge on any atom is -0.351 e. The lowest BCUT2D eigenvalue weighted by molar-refractivity contribution is 0.0956. The number of amides is 1. The third kappa shape index (κ3) is 6.24. The molecule has 7 heteroatoms. The van der Waals surface area contributed by atoms with Gasteiger partial charge >= 0.3 is 0 Å². The highest BCUT2D eigenvalue weighted by atomic mass is 32.2. The Morgan fingerprint density at radius 2 is 1.81 bits per heavy atom. The first kappa shape index (κ1) is 20.1. The molecule has 2 rings (SSSR count). The maximum atomic E-state index is 12.1. The summed E-state index contributed by atoms with van der Waals surface area (Å²) in [5, 5.41) is 2.64. The zero-order valence-electron chi connectivity index (χ0n) is 15.3.